The van der Waals surface area contributed by atoms with Gasteiger partial charge in [-0.2, -0.15) is 0 Å². The maximum Gasteiger partial charge on any atom is 0.240 e. The number of amidine groups is 1. The van der Waals surface area contributed by atoms with Crippen molar-refractivity contribution in [2.45, 2.75) is 37.0 Å². The lowest BCUT2D eigenvalue weighted by Crippen LogP contribution is -2.25. The molecule has 19 heavy (non-hydrogen) atoms. The summed E-state index contributed by atoms with van der Waals surface area (Å²) in [5.41, 5.74) is 7.63. The maximum absolute atomic E-state index is 12.1. The minimum absolute atomic E-state index is 0.0803. The fourth-order valence-corrected chi connectivity index (χ4v) is 3.41. The van der Waals surface area contributed by atoms with E-state index in [-0.39, 0.29) is 5.84 Å². The lowest BCUT2D eigenvalue weighted by molar-refractivity contribution is 0.579. The summed E-state index contributed by atoms with van der Waals surface area (Å²) in [7, 11) is -3.44. The molecular weight excluding hydrogens is 262 g/mol. The van der Waals surface area contributed by atoms with E-state index in [1.165, 1.54) is 5.56 Å². The van der Waals surface area contributed by atoms with Crippen LogP contribution in [0.2, 0.25) is 0 Å². The largest absolute Gasteiger partial charge is 0.388 e. The van der Waals surface area contributed by atoms with Crippen LogP contribution in [-0.4, -0.2) is 20.8 Å². The third kappa shape index (κ3) is 3.54. The van der Waals surface area contributed by atoms with Gasteiger partial charge in [0.15, 0.2) is 0 Å². The van der Waals surface area contributed by atoms with Crippen molar-refractivity contribution in [3.05, 3.63) is 29.3 Å². The predicted molar refractivity (Wildman–Crippen MR) is 74.8 cm³/mol. The second kappa shape index (κ2) is 5.71. The van der Waals surface area contributed by atoms with Crippen LogP contribution >= 0.6 is 0 Å². The van der Waals surface area contributed by atoms with E-state index in [0.717, 1.165) is 24.8 Å². The lowest BCUT2D eigenvalue weighted by Gasteiger charge is -2.08. The van der Waals surface area contributed by atoms with Gasteiger partial charge in [-0.05, 0) is 48.9 Å². The van der Waals surface area contributed by atoms with Gasteiger partial charge < -0.3 is 5.73 Å². The summed E-state index contributed by atoms with van der Waals surface area (Å²) >= 11 is 0. The number of nitrogens with two attached hydrogens (primary N) is 1. The van der Waals surface area contributed by atoms with E-state index in [1.807, 2.05) is 6.07 Å². The van der Waals surface area contributed by atoms with Crippen molar-refractivity contribution < 1.29 is 8.42 Å². The zero-order valence-corrected chi connectivity index (χ0v) is 11.6. The Morgan fingerprint density at radius 3 is 2.79 bits per heavy atom. The van der Waals surface area contributed by atoms with Crippen LogP contribution in [0.1, 0.15) is 30.4 Å². The molecular formula is C13H19N3O2S. The number of rotatable bonds is 6. The number of benzene rings is 1. The second-order valence-corrected chi connectivity index (χ2v) is 6.58. The van der Waals surface area contributed by atoms with E-state index in [0.29, 0.717) is 24.3 Å². The van der Waals surface area contributed by atoms with Gasteiger partial charge in [0, 0.05) is 13.0 Å². The first-order valence-electron chi connectivity index (χ1n) is 6.43. The molecule has 0 unspecified atom stereocenters. The van der Waals surface area contributed by atoms with Gasteiger partial charge >= 0.3 is 0 Å². The molecule has 5 nitrogen and oxygen atoms in total. The standard InChI is InChI=1S/C13H19N3O2S/c14-13(15)5-2-8-16-19(17,18)12-7-6-10-3-1-4-11(10)9-12/h6-7,9,16H,1-5,8H2,(H3,14,15). The highest BCUT2D eigenvalue weighted by molar-refractivity contribution is 7.89. The van der Waals surface area contributed by atoms with Crippen LogP contribution in [0, 0.1) is 5.41 Å². The van der Waals surface area contributed by atoms with Gasteiger partial charge in [-0.1, -0.05) is 6.07 Å². The van der Waals surface area contributed by atoms with E-state index in [2.05, 4.69) is 4.72 Å². The molecule has 6 heteroatoms. The predicted octanol–water partition coefficient (Wildman–Crippen LogP) is 1.17. The SMILES string of the molecule is N=C(N)CCCNS(=O)(=O)c1ccc2c(c1)CCC2. The van der Waals surface area contributed by atoms with Gasteiger partial charge in [0.2, 0.25) is 10.0 Å². The Bertz CT molecular complexity index is 582. The zero-order valence-electron chi connectivity index (χ0n) is 10.8. The molecule has 0 spiro atoms. The molecule has 4 N–H and O–H groups in total. The van der Waals surface area contributed by atoms with E-state index in [1.54, 1.807) is 12.1 Å². The highest BCUT2D eigenvalue weighted by atomic mass is 32.2. The fourth-order valence-electron chi connectivity index (χ4n) is 2.28. The third-order valence-corrected chi connectivity index (χ3v) is 4.75. The Hall–Kier alpha value is -1.40. The maximum atomic E-state index is 12.1. The van der Waals surface area contributed by atoms with Crippen LogP contribution in [0.25, 0.3) is 0 Å². The summed E-state index contributed by atoms with van der Waals surface area (Å²) < 4.78 is 26.7. The molecule has 0 heterocycles. The smallest absolute Gasteiger partial charge is 0.240 e. The summed E-state index contributed by atoms with van der Waals surface area (Å²) in [4.78, 5) is 0.330. The molecule has 0 saturated carbocycles. The number of hydrogen-bond donors (Lipinski definition) is 3. The fraction of sp³-hybridized carbons (Fsp3) is 0.462. The van der Waals surface area contributed by atoms with Crippen molar-refractivity contribution in [2.24, 2.45) is 5.73 Å². The molecule has 2 rings (SSSR count). The number of fused-ring (bicyclic) bond motifs is 1. The molecule has 0 fully saturated rings. The summed E-state index contributed by atoms with van der Waals surface area (Å²) in [6, 6.07) is 5.35. The first kappa shape index (κ1) is 14.0. The second-order valence-electron chi connectivity index (χ2n) is 4.81. The van der Waals surface area contributed by atoms with E-state index < -0.39 is 10.0 Å². The van der Waals surface area contributed by atoms with Crippen LogP contribution in [0.3, 0.4) is 0 Å². The average Bonchev–Trinajstić information content (AvgIpc) is 2.81. The first-order valence-corrected chi connectivity index (χ1v) is 7.92. The van der Waals surface area contributed by atoms with Gasteiger partial charge in [0.1, 0.15) is 0 Å². The van der Waals surface area contributed by atoms with Crippen LogP contribution < -0.4 is 10.5 Å². The number of hydrogen-bond acceptors (Lipinski definition) is 3. The molecule has 0 saturated heterocycles. The van der Waals surface area contributed by atoms with Crippen molar-refractivity contribution in [3.63, 3.8) is 0 Å². The van der Waals surface area contributed by atoms with Crippen LogP contribution in [0.4, 0.5) is 0 Å². The highest BCUT2D eigenvalue weighted by Crippen LogP contribution is 2.24. The van der Waals surface area contributed by atoms with Gasteiger partial charge in [0.25, 0.3) is 0 Å². The zero-order chi connectivity index (χ0) is 13.9. The molecule has 1 aromatic carbocycles. The number of nitrogens with one attached hydrogen (secondary N) is 2. The van der Waals surface area contributed by atoms with Crippen molar-refractivity contribution in [1.29, 1.82) is 5.41 Å². The molecule has 0 bridgehead atoms. The first-order chi connectivity index (χ1) is 8.99. The van der Waals surface area contributed by atoms with Gasteiger partial charge in [-0.15, -0.1) is 0 Å². The minimum atomic E-state index is -3.44. The molecule has 0 radical (unpaired) electrons. The Morgan fingerprint density at radius 1 is 1.32 bits per heavy atom. The molecule has 0 amide bonds. The van der Waals surface area contributed by atoms with Crippen LogP contribution in [0.15, 0.2) is 23.1 Å². The van der Waals surface area contributed by atoms with E-state index in [4.69, 9.17) is 11.1 Å². The van der Waals surface area contributed by atoms with Crippen LogP contribution in [0.5, 0.6) is 0 Å². The van der Waals surface area contributed by atoms with Crippen molar-refractivity contribution in [1.82, 2.24) is 4.72 Å². The monoisotopic (exact) mass is 281 g/mol. The summed E-state index contributed by atoms with van der Waals surface area (Å²) in [5, 5.41) is 7.08. The van der Waals surface area contributed by atoms with Crippen molar-refractivity contribution in [3.8, 4) is 0 Å². The summed E-state index contributed by atoms with van der Waals surface area (Å²) in [6.07, 6.45) is 4.06. The van der Waals surface area contributed by atoms with Gasteiger partial charge in [0.05, 0.1) is 10.7 Å². The Morgan fingerprint density at radius 2 is 2.05 bits per heavy atom. The summed E-state index contributed by atoms with van der Waals surface area (Å²) in [5.74, 6) is 0.0803. The van der Waals surface area contributed by atoms with Crippen molar-refractivity contribution in [2.75, 3.05) is 6.54 Å². The molecule has 1 aromatic rings. The molecule has 0 aliphatic heterocycles. The highest BCUT2D eigenvalue weighted by Gasteiger charge is 2.17. The summed E-state index contributed by atoms with van der Waals surface area (Å²) in [6.45, 7) is 0.305. The lowest BCUT2D eigenvalue weighted by atomic mass is 10.1. The number of sulfonamides is 1. The average molecular weight is 281 g/mol. The molecule has 0 aromatic heterocycles. The van der Waals surface area contributed by atoms with Gasteiger partial charge in [-0.3, -0.25) is 5.41 Å². The van der Waals surface area contributed by atoms with Crippen LogP contribution in [-0.2, 0) is 22.9 Å². The van der Waals surface area contributed by atoms with E-state index >= 15 is 0 Å². The van der Waals surface area contributed by atoms with Crippen molar-refractivity contribution >= 4 is 15.9 Å². The topological polar surface area (TPSA) is 96.0 Å². The Kier molecular flexibility index (Phi) is 4.21. The normalized spacial score (nSPS) is 14.3. The molecule has 104 valence electrons. The molecule has 1 aliphatic carbocycles. The third-order valence-electron chi connectivity index (χ3n) is 3.30. The van der Waals surface area contributed by atoms with E-state index in [9.17, 15) is 8.42 Å². The van der Waals surface area contributed by atoms with Gasteiger partial charge in [-0.25, -0.2) is 13.1 Å². The minimum Gasteiger partial charge on any atom is -0.388 e. The Balaban J connectivity index is 2.01. The molecule has 1 aliphatic rings. The number of aryl methyl sites for hydroxylation is 2. The Labute approximate surface area is 113 Å². The molecule has 0 atom stereocenters. The quantitative estimate of drug-likeness (QED) is 0.415.